The Morgan fingerprint density at radius 1 is 1.07 bits per heavy atom. The molecule has 0 saturated carbocycles. The van der Waals surface area contributed by atoms with Crippen LogP contribution in [0.2, 0.25) is 0 Å². The second-order valence-electron chi connectivity index (χ2n) is 5.85. The van der Waals surface area contributed by atoms with Crippen molar-refractivity contribution in [2.45, 2.75) is 11.4 Å². The smallest absolute Gasteiger partial charge is 0.247 e. The van der Waals surface area contributed by atoms with Crippen molar-refractivity contribution in [2.24, 2.45) is 0 Å². The molecule has 0 spiro atoms. The predicted molar refractivity (Wildman–Crippen MR) is 110 cm³/mol. The van der Waals surface area contributed by atoms with Crippen LogP contribution in [0.25, 0.3) is 17.3 Å². The maximum atomic E-state index is 6.13. The van der Waals surface area contributed by atoms with Crippen molar-refractivity contribution in [3.8, 4) is 17.1 Å². The van der Waals surface area contributed by atoms with Gasteiger partial charge in [-0.3, -0.25) is 0 Å². The van der Waals surface area contributed by atoms with Gasteiger partial charge in [-0.25, -0.2) is 0 Å². The number of rotatable bonds is 5. The normalized spacial score (nSPS) is 15.2. The van der Waals surface area contributed by atoms with Crippen molar-refractivity contribution in [1.29, 1.82) is 0 Å². The van der Waals surface area contributed by atoms with Crippen LogP contribution in [-0.2, 0) is 0 Å². The van der Waals surface area contributed by atoms with E-state index in [9.17, 15) is 0 Å². The van der Waals surface area contributed by atoms with E-state index in [4.69, 9.17) is 4.74 Å². The lowest BCUT2D eigenvalue weighted by molar-refractivity contribution is 0.266. The van der Waals surface area contributed by atoms with E-state index in [1.54, 1.807) is 0 Å². The lowest BCUT2D eigenvalue weighted by atomic mass is 10.1. The third-order valence-electron chi connectivity index (χ3n) is 3.95. The van der Waals surface area contributed by atoms with E-state index in [-0.39, 0.29) is 6.23 Å². The Balaban J connectivity index is 1.70. The summed E-state index contributed by atoms with van der Waals surface area (Å²) in [7, 11) is 0. The molecule has 3 aromatic rings. The zero-order valence-electron chi connectivity index (χ0n) is 14.6. The maximum Gasteiger partial charge on any atom is 0.247 e. The molecule has 2 aromatic carbocycles. The molecule has 1 aliphatic heterocycles. The zero-order valence-corrected chi connectivity index (χ0v) is 15.4. The number of hydrogen-bond donors (Lipinski definition) is 1. The van der Waals surface area contributed by atoms with Gasteiger partial charge in [-0.1, -0.05) is 72.4 Å². The van der Waals surface area contributed by atoms with Crippen molar-refractivity contribution < 1.29 is 4.74 Å². The molecule has 0 aliphatic carbocycles. The Bertz CT molecular complexity index is 975. The average Bonchev–Trinajstić information content (AvgIpc) is 2.87. The van der Waals surface area contributed by atoms with E-state index >= 15 is 0 Å². The van der Waals surface area contributed by atoms with Crippen molar-refractivity contribution >= 4 is 23.5 Å². The van der Waals surface area contributed by atoms with Crippen LogP contribution in [0.3, 0.4) is 0 Å². The summed E-state index contributed by atoms with van der Waals surface area (Å²) in [4.78, 5) is 4.56. The molecule has 27 heavy (non-hydrogen) atoms. The lowest BCUT2D eigenvalue weighted by Gasteiger charge is -2.15. The van der Waals surface area contributed by atoms with Crippen LogP contribution in [0.4, 0.5) is 5.69 Å². The van der Waals surface area contributed by atoms with Crippen LogP contribution in [0.15, 0.2) is 78.5 Å². The SMILES string of the molecule is C=CCSc1nnc2c(n1)OC(C=Cc1ccccc1)Nc1ccccc1-2. The number of nitrogens with zero attached hydrogens (tertiary/aromatic N) is 3. The molecular formula is C21H18N4OS. The molecule has 0 bridgehead atoms. The van der Waals surface area contributed by atoms with Gasteiger partial charge in [-0.05, 0) is 17.7 Å². The standard InChI is InChI=1S/C21H18N4OS/c1-2-14-27-21-23-20-19(24-25-21)16-10-6-7-11-17(16)22-18(26-20)13-12-15-8-4-3-5-9-15/h2-13,18,22H,1,14H2. The molecule has 1 unspecified atom stereocenters. The van der Waals surface area contributed by atoms with Crippen LogP contribution in [0.5, 0.6) is 5.88 Å². The highest BCUT2D eigenvalue weighted by molar-refractivity contribution is 7.99. The molecule has 6 heteroatoms. The molecule has 134 valence electrons. The molecule has 1 aromatic heterocycles. The van der Waals surface area contributed by atoms with Gasteiger partial charge >= 0.3 is 0 Å². The number of ether oxygens (including phenoxy) is 1. The first-order valence-corrected chi connectivity index (χ1v) is 9.56. The molecule has 1 N–H and O–H groups in total. The average molecular weight is 374 g/mol. The van der Waals surface area contributed by atoms with Crippen molar-refractivity contribution in [3.05, 3.63) is 78.9 Å². The first kappa shape index (κ1) is 17.3. The fourth-order valence-corrected chi connectivity index (χ4v) is 3.23. The van der Waals surface area contributed by atoms with Gasteiger partial charge in [0.15, 0.2) is 11.9 Å². The van der Waals surface area contributed by atoms with E-state index in [2.05, 4.69) is 27.1 Å². The highest BCUT2D eigenvalue weighted by atomic mass is 32.2. The predicted octanol–water partition coefficient (Wildman–Crippen LogP) is 4.66. The summed E-state index contributed by atoms with van der Waals surface area (Å²) in [6.07, 6.45) is 5.43. The second kappa shape index (κ2) is 8.05. The first-order valence-electron chi connectivity index (χ1n) is 8.58. The third kappa shape index (κ3) is 4.01. The summed E-state index contributed by atoms with van der Waals surface area (Å²) >= 11 is 1.47. The largest absolute Gasteiger partial charge is 0.448 e. The van der Waals surface area contributed by atoms with Gasteiger partial charge in [-0.2, -0.15) is 4.98 Å². The minimum atomic E-state index is -0.374. The number of hydrogen-bond acceptors (Lipinski definition) is 6. The van der Waals surface area contributed by atoms with Gasteiger partial charge < -0.3 is 10.1 Å². The summed E-state index contributed by atoms with van der Waals surface area (Å²) in [6.45, 7) is 3.73. The molecule has 1 atom stereocenters. The topological polar surface area (TPSA) is 59.9 Å². The molecule has 0 radical (unpaired) electrons. The summed E-state index contributed by atoms with van der Waals surface area (Å²) in [5.41, 5.74) is 3.59. The molecule has 0 amide bonds. The number of anilines is 1. The Morgan fingerprint density at radius 2 is 1.89 bits per heavy atom. The molecule has 1 aliphatic rings. The summed E-state index contributed by atoms with van der Waals surface area (Å²) in [5.74, 6) is 1.18. The van der Waals surface area contributed by atoms with Crippen LogP contribution < -0.4 is 10.1 Å². The fraction of sp³-hybridized carbons (Fsp3) is 0.0952. The van der Waals surface area contributed by atoms with Gasteiger partial charge in [-0.15, -0.1) is 16.8 Å². The van der Waals surface area contributed by atoms with E-state index in [0.29, 0.717) is 22.5 Å². The molecule has 2 heterocycles. The Morgan fingerprint density at radius 3 is 2.74 bits per heavy atom. The second-order valence-corrected chi connectivity index (χ2v) is 6.83. The quantitative estimate of drug-likeness (QED) is 0.518. The number of benzene rings is 2. The third-order valence-corrected chi connectivity index (χ3v) is 4.78. The van der Waals surface area contributed by atoms with E-state index in [0.717, 1.165) is 16.8 Å². The molecular weight excluding hydrogens is 356 g/mol. The van der Waals surface area contributed by atoms with Crippen LogP contribution in [-0.4, -0.2) is 27.2 Å². The van der Waals surface area contributed by atoms with Gasteiger partial charge in [0.1, 0.15) is 0 Å². The minimum Gasteiger partial charge on any atom is -0.448 e. The fourth-order valence-electron chi connectivity index (χ4n) is 2.71. The zero-order chi connectivity index (χ0) is 18.5. The van der Waals surface area contributed by atoms with Gasteiger partial charge in [0, 0.05) is 17.0 Å². The van der Waals surface area contributed by atoms with E-state index in [1.165, 1.54) is 11.8 Å². The molecule has 0 saturated heterocycles. The Labute approximate surface area is 162 Å². The van der Waals surface area contributed by atoms with Gasteiger partial charge in [0.25, 0.3) is 0 Å². The van der Waals surface area contributed by atoms with Crippen molar-refractivity contribution in [2.75, 3.05) is 11.1 Å². The first-order chi connectivity index (χ1) is 13.3. The van der Waals surface area contributed by atoms with E-state index < -0.39 is 0 Å². The summed E-state index contributed by atoms with van der Waals surface area (Å²) in [6, 6.07) is 18.0. The van der Waals surface area contributed by atoms with Crippen LogP contribution in [0.1, 0.15) is 5.56 Å². The monoisotopic (exact) mass is 374 g/mol. The minimum absolute atomic E-state index is 0.374. The number of nitrogens with one attached hydrogen (secondary N) is 1. The van der Waals surface area contributed by atoms with E-state index in [1.807, 2.05) is 72.8 Å². The highest BCUT2D eigenvalue weighted by Crippen LogP contribution is 2.36. The molecule has 4 rings (SSSR count). The molecule has 5 nitrogen and oxygen atoms in total. The highest BCUT2D eigenvalue weighted by Gasteiger charge is 2.23. The van der Waals surface area contributed by atoms with Crippen molar-refractivity contribution in [1.82, 2.24) is 15.2 Å². The number of fused-ring (bicyclic) bond motifs is 3. The number of aromatic nitrogens is 3. The summed E-state index contributed by atoms with van der Waals surface area (Å²) in [5, 5.41) is 12.6. The van der Waals surface area contributed by atoms with Crippen molar-refractivity contribution in [3.63, 3.8) is 0 Å². The van der Waals surface area contributed by atoms with Crippen LogP contribution >= 0.6 is 11.8 Å². The number of thioether (sulfide) groups is 1. The lowest BCUT2D eigenvalue weighted by Crippen LogP contribution is -2.23. The Kier molecular flexibility index (Phi) is 5.16. The molecule has 0 fully saturated rings. The maximum absolute atomic E-state index is 6.13. The Hall–Kier alpha value is -3.12. The van der Waals surface area contributed by atoms with Gasteiger partial charge in [0.2, 0.25) is 11.0 Å². The number of para-hydroxylation sites is 1. The van der Waals surface area contributed by atoms with Gasteiger partial charge in [0.05, 0.1) is 0 Å². The van der Waals surface area contributed by atoms with Crippen LogP contribution in [0, 0.1) is 0 Å². The summed E-state index contributed by atoms with van der Waals surface area (Å²) < 4.78 is 6.13.